The molecule has 1 aliphatic heterocycles. The lowest BCUT2D eigenvalue weighted by Gasteiger charge is -2.09. The van der Waals surface area contributed by atoms with Crippen LogP contribution >= 0.6 is 0 Å². The molecule has 0 aliphatic carbocycles. The molecule has 1 aliphatic rings. The highest BCUT2D eigenvalue weighted by atomic mass is 16.2. The fourth-order valence-electron chi connectivity index (χ4n) is 1.09. The normalized spacial score (nSPS) is 17.5. The monoisotopic (exact) mass is 154 g/mol. The molecule has 0 radical (unpaired) electrons. The minimum absolute atomic E-state index is 0.149. The Bertz CT molecular complexity index is 187. The van der Waals surface area contributed by atoms with Crippen molar-refractivity contribution >= 4 is 11.6 Å². The smallest absolute Gasteiger partial charge is 0.248 e. The van der Waals surface area contributed by atoms with E-state index in [0.717, 1.165) is 25.1 Å². The van der Waals surface area contributed by atoms with E-state index in [1.54, 1.807) is 5.01 Å². The molecule has 3 heteroatoms. The molecule has 1 rings (SSSR count). The lowest BCUT2D eigenvalue weighted by Crippen LogP contribution is -2.21. The second-order valence-electron chi connectivity index (χ2n) is 2.88. The van der Waals surface area contributed by atoms with Crippen LogP contribution in [0.4, 0.5) is 0 Å². The van der Waals surface area contributed by atoms with E-state index in [-0.39, 0.29) is 5.91 Å². The van der Waals surface area contributed by atoms with Crippen LogP contribution in [0, 0.1) is 0 Å². The van der Waals surface area contributed by atoms with E-state index in [0.29, 0.717) is 6.42 Å². The van der Waals surface area contributed by atoms with E-state index in [4.69, 9.17) is 0 Å². The SMILES string of the molecule is CCCCN1N=C(C)CC1=O. The fraction of sp³-hybridized carbons (Fsp3) is 0.750. The first-order chi connectivity index (χ1) is 5.24. The average Bonchev–Trinajstić information content (AvgIpc) is 2.26. The van der Waals surface area contributed by atoms with Gasteiger partial charge in [0.05, 0.1) is 6.42 Å². The van der Waals surface area contributed by atoms with E-state index < -0.39 is 0 Å². The highest BCUT2D eigenvalue weighted by Gasteiger charge is 2.19. The molecule has 11 heavy (non-hydrogen) atoms. The molecule has 0 saturated heterocycles. The predicted octanol–water partition coefficient (Wildman–Crippen LogP) is 1.39. The molecule has 1 heterocycles. The Morgan fingerprint density at radius 2 is 2.36 bits per heavy atom. The molecule has 1 amide bonds. The van der Waals surface area contributed by atoms with E-state index in [2.05, 4.69) is 12.0 Å². The van der Waals surface area contributed by atoms with Crippen molar-refractivity contribution < 1.29 is 4.79 Å². The summed E-state index contributed by atoms with van der Waals surface area (Å²) in [4.78, 5) is 11.1. The number of unbranched alkanes of at least 4 members (excludes halogenated alkanes) is 1. The molecular weight excluding hydrogens is 140 g/mol. The Morgan fingerprint density at radius 1 is 1.64 bits per heavy atom. The van der Waals surface area contributed by atoms with Gasteiger partial charge in [-0.2, -0.15) is 5.10 Å². The van der Waals surface area contributed by atoms with Crippen molar-refractivity contribution in [2.45, 2.75) is 33.1 Å². The van der Waals surface area contributed by atoms with Crippen LogP contribution in [-0.2, 0) is 4.79 Å². The number of hydrazone groups is 1. The number of rotatable bonds is 3. The molecule has 0 saturated carbocycles. The Kier molecular flexibility index (Phi) is 2.63. The van der Waals surface area contributed by atoms with E-state index in [1.807, 2.05) is 6.92 Å². The summed E-state index contributed by atoms with van der Waals surface area (Å²) in [7, 11) is 0. The summed E-state index contributed by atoms with van der Waals surface area (Å²) in [6, 6.07) is 0. The van der Waals surface area contributed by atoms with Gasteiger partial charge in [0.25, 0.3) is 0 Å². The molecule has 0 aromatic rings. The van der Waals surface area contributed by atoms with Gasteiger partial charge in [0.2, 0.25) is 5.91 Å². The zero-order chi connectivity index (χ0) is 8.27. The summed E-state index contributed by atoms with van der Waals surface area (Å²) < 4.78 is 0. The highest BCUT2D eigenvalue weighted by Crippen LogP contribution is 2.08. The molecule has 3 nitrogen and oxygen atoms in total. The molecule has 0 unspecified atom stereocenters. The molecule has 0 fully saturated rings. The molecule has 0 bridgehead atoms. The summed E-state index contributed by atoms with van der Waals surface area (Å²) in [5.74, 6) is 0.149. The van der Waals surface area contributed by atoms with Crippen molar-refractivity contribution in [3.8, 4) is 0 Å². The lowest BCUT2D eigenvalue weighted by atomic mass is 10.3. The van der Waals surface area contributed by atoms with Crippen LogP contribution < -0.4 is 0 Å². The fourth-order valence-corrected chi connectivity index (χ4v) is 1.09. The van der Waals surface area contributed by atoms with E-state index in [9.17, 15) is 4.79 Å². The molecule has 0 aromatic heterocycles. The van der Waals surface area contributed by atoms with Gasteiger partial charge >= 0.3 is 0 Å². The Morgan fingerprint density at radius 3 is 2.82 bits per heavy atom. The predicted molar refractivity (Wildman–Crippen MR) is 44.3 cm³/mol. The first-order valence-corrected chi connectivity index (χ1v) is 4.08. The second-order valence-corrected chi connectivity index (χ2v) is 2.88. The molecule has 0 N–H and O–H groups in total. The van der Waals surface area contributed by atoms with Crippen molar-refractivity contribution in [1.82, 2.24) is 5.01 Å². The van der Waals surface area contributed by atoms with Gasteiger partial charge < -0.3 is 0 Å². The minimum Gasteiger partial charge on any atom is -0.273 e. The number of hydrogen-bond donors (Lipinski definition) is 0. The second kappa shape index (κ2) is 3.51. The number of carbonyl (C=O) groups is 1. The summed E-state index contributed by atoms with van der Waals surface area (Å²) in [6.45, 7) is 4.79. The zero-order valence-electron chi connectivity index (χ0n) is 7.13. The van der Waals surface area contributed by atoms with Gasteiger partial charge in [-0.1, -0.05) is 13.3 Å². The molecule has 0 atom stereocenters. The van der Waals surface area contributed by atoms with Gasteiger partial charge in [0.1, 0.15) is 0 Å². The van der Waals surface area contributed by atoms with Crippen LogP contribution in [0.2, 0.25) is 0 Å². The van der Waals surface area contributed by atoms with Crippen molar-refractivity contribution in [2.75, 3.05) is 6.54 Å². The van der Waals surface area contributed by atoms with Crippen molar-refractivity contribution in [1.29, 1.82) is 0 Å². The number of carbonyl (C=O) groups excluding carboxylic acids is 1. The number of hydrogen-bond acceptors (Lipinski definition) is 2. The van der Waals surface area contributed by atoms with E-state index in [1.165, 1.54) is 0 Å². The number of nitrogens with zero attached hydrogens (tertiary/aromatic N) is 2. The van der Waals surface area contributed by atoms with Gasteiger partial charge in [0, 0.05) is 12.3 Å². The van der Waals surface area contributed by atoms with Crippen LogP contribution in [0.15, 0.2) is 5.10 Å². The van der Waals surface area contributed by atoms with Gasteiger partial charge in [-0.3, -0.25) is 4.79 Å². The molecular formula is C8H14N2O. The Balaban J connectivity index is 2.39. The largest absolute Gasteiger partial charge is 0.273 e. The van der Waals surface area contributed by atoms with Gasteiger partial charge in [0.15, 0.2) is 0 Å². The summed E-state index contributed by atoms with van der Waals surface area (Å²) in [6.07, 6.45) is 2.67. The lowest BCUT2D eigenvalue weighted by molar-refractivity contribution is -0.128. The third-order valence-corrected chi connectivity index (χ3v) is 1.71. The standard InChI is InChI=1S/C8H14N2O/c1-3-4-5-10-8(11)6-7(2)9-10/h3-6H2,1-2H3. The number of amides is 1. The molecule has 0 aromatic carbocycles. The molecule has 62 valence electrons. The first-order valence-electron chi connectivity index (χ1n) is 4.08. The maximum atomic E-state index is 11.1. The maximum absolute atomic E-state index is 11.1. The average molecular weight is 154 g/mol. The van der Waals surface area contributed by atoms with Crippen molar-refractivity contribution in [3.63, 3.8) is 0 Å². The van der Waals surface area contributed by atoms with Crippen molar-refractivity contribution in [3.05, 3.63) is 0 Å². The minimum atomic E-state index is 0.149. The van der Waals surface area contributed by atoms with Crippen molar-refractivity contribution in [2.24, 2.45) is 5.10 Å². The van der Waals surface area contributed by atoms with Crippen LogP contribution in [0.1, 0.15) is 33.1 Å². The summed E-state index contributed by atoms with van der Waals surface area (Å²) >= 11 is 0. The Labute approximate surface area is 67.1 Å². The third kappa shape index (κ3) is 2.03. The first kappa shape index (κ1) is 8.24. The Hall–Kier alpha value is -0.860. The topological polar surface area (TPSA) is 32.7 Å². The van der Waals surface area contributed by atoms with Gasteiger partial charge in [-0.15, -0.1) is 0 Å². The maximum Gasteiger partial charge on any atom is 0.248 e. The quantitative estimate of drug-likeness (QED) is 0.604. The van der Waals surface area contributed by atoms with Gasteiger partial charge in [-0.25, -0.2) is 5.01 Å². The zero-order valence-corrected chi connectivity index (χ0v) is 7.13. The summed E-state index contributed by atoms with van der Waals surface area (Å²) in [5, 5.41) is 5.69. The third-order valence-electron chi connectivity index (χ3n) is 1.71. The summed E-state index contributed by atoms with van der Waals surface area (Å²) in [5.41, 5.74) is 0.936. The van der Waals surface area contributed by atoms with E-state index >= 15 is 0 Å². The molecule has 0 spiro atoms. The highest BCUT2D eigenvalue weighted by molar-refractivity contribution is 6.03. The van der Waals surface area contributed by atoms with Crippen LogP contribution in [0.5, 0.6) is 0 Å². The van der Waals surface area contributed by atoms with Gasteiger partial charge in [-0.05, 0) is 13.3 Å². The van der Waals surface area contributed by atoms with Crippen LogP contribution in [0.25, 0.3) is 0 Å². The van der Waals surface area contributed by atoms with Crippen LogP contribution in [0.3, 0.4) is 0 Å². The van der Waals surface area contributed by atoms with Crippen LogP contribution in [-0.4, -0.2) is 23.2 Å².